The zero-order valence-corrected chi connectivity index (χ0v) is 12.3. The molecule has 104 valence electrons. The molecule has 0 aliphatic rings. The summed E-state index contributed by atoms with van der Waals surface area (Å²) >= 11 is 0. The summed E-state index contributed by atoms with van der Waals surface area (Å²) in [7, 11) is -6.40. The zero-order valence-electron chi connectivity index (χ0n) is 10.5. The molecule has 0 aromatic heterocycles. The first-order chi connectivity index (χ1) is 7.83. The van der Waals surface area contributed by atoms with E-state index in [1.165, 1.54) is 0 Å². The lowest BCUT2D eigenvalue weighted by Gasteiger charge is -2.16. The Morgan fingerprint density at radius 3 is 2.00 bits per heavy atom. The first-order valence-electron chi connectivity index (χ1n) is 5.55. The highest BCUT2D eigenvalue weighted by atomic mass is 32.2. The van der Waals surface area contributed by atoms with Crippen LogP contribution in [0.3, 0.4) is 0 Å². The van der Waals surface area contributed by atoms with Crippen LogP contribution in [0, 0.1) is 0 Å². The van der Waals surface area contributed by atoms with Crippen LogP contribution in [0.15, 0.2) is 0 Å². The van der Waals surface area contributed by atoms with Crippen molar-refractivity contribution in [2.24, 2.45) is 0 Å². The fraction of sp³-hybridized carbons (Fsp3) is 1.00. The van der Waals surface area contributed by atoms with Gasteiger partial charge in [0.1, 0.15) is 0 Å². The quantitative estimate of drug-likeness (QED) is 0.347. The molecule has 6 nitrogen and oxygen atoms in total. The molecule has 0 aliphatic heterocycles. The molecule has 0 saturated carbocycles. The molecule has 0 saturated heterocycles. The van der Waals surface area contributed by atoms with Crippen molar-refractivity contribution in [2.75, 3.05) is 32.2 Å². The molecule has 0 unspecified atom stereocenters. The average Bonchev–Trinajstić information content (AvgIpc) is 2.16. The Labute approximate surface area is 103 Å². The summed E-state index contributed by atoms with van der Waals surface area (Å²) in [6.07, 6.45) is 2.31. The van der Waals surface area contributed by atoms with Crippen molar-refractivity contribution in [3.63, 3.8) is 0 Å². The summed E-state index contributed by atoms with van der Waals surface area (Å²) in [6, 6.07) is 0. The third-order valence-corrected chi connectivity index (χ3v) is 4.54. The van der Waals surface area contributed by atoms with Crippen molar-refractivity contribution in [1.29, 1.82) is 0 Å². The van der Waals surface area contributed by atoms with Gasteiger partial charge in [-0.15, -0.1) is 0 Å². The lowest BCUT2D eigenvalue weighted by atomic mass is 10.4. The van der Waals surface area contributed by atoms with Gasteiger partial charge in [0, 0.05) is 0 Å². The van der Waals surface area contributed by atoms with Gasteiger partial charge in [0.05, 0.1) is 32.2 Å². The standard InChI is InChI=1S/C9H21O6PS/c1-4-13-16(10,14-5-2)9-7-6-8-15-17(3,11)12/h4-9H2,1-3H3. The largest absolute Gasteiger partial charge is 0.330 e. The third-order valence-electron chi connectivity index (χ3n) is 1.78. The minimum absolute atomic E-state index is 0.0943. The van der Waals surface area contributed by atoms with Gasteiger partial charge in [-0.25, -0.2) is 0 Å². The molecule has 0 aromatic rings. The van der Waals surface area contributed by atoms with Crippen LogP contribution in [0.25, 0.3) is 0 Å². The molecule has 0 N–H and O–H groups in total. The Kier molecular flexibility index (Phi) is 8.24. The molecule has 0 spiro atoms. The number of rotatable bonds is 10. The Morgan fingerprint density at radius 2 is 1.59 bits per heavy atom. The van der Waals surface area contributed by atoms with E-state index in [1.807, 2.05) is 0 Å². The van der Waals surface area contributed by atoms with Crippen LogP contribution >= 0.6 is 7.60 Å². The summed E-state index contributed by atoms with van der Waals surface area (Å²) in [5.41, 5.74) is 0. The predicted molar refractivity (Wildman–Crippen MR) is 65.8 cm³/mol. The van der Waals surface area contributed by atoms with Crippen LogP contribution in [0.4, 0.5) is 0 Å². The van der Waals surface area contributed by atoms with Gasteiger partial charge in [-0.2, -0.15) is 8.42 Å². The molecule has 0 aromatic carbocycles. The summed E-state index contributed by atoms with van der Waals surface area (Å²) in [6.45, 7) is 4.25. The van der Waals surface area contributed by atoms with Crippen LogP contribution in [0.2, 0.25) is 0 Å². The summed E-state index contributed by atoms with van der Waals surface area (Å²) in [4.78, 5) is 0. The molecule has 17 heavy (non-hydrogen) atoms. The van der Waals surface area contributed by atoms with Gasteiger partial charge < -0.3 is 9.05 Å². The van der Waals surface area contributed by atoms with Crippen molar-refractivity contribution < 1.29 is 26.2 Å². The van der Waals surface area contributed by atoms with E-state index in [2.05, 4.69) is 4.18 Å². The Hall–Kier alpha value is 0.0600. The maximum Gasteiger partial charge on any atom is 0.330 e. The van der Waals surface area contributed by atoms with Gasteiger partial charge in [0.2, 0.25) is 0 Å². The van der Waals surface area contributed by atoms with Gasteiger partial charge in [-0.1, -0.05) is 0 Å². The molecule has 0 rings (SSSR count). The van der Waals surface area contributed by atoms with Gasteiger partial charge in [-0.05, 0) is 26.7 Å². The molecule has 8 heteroatoms. The van der Waals surface area contributed by atoms with E-state index in [-0.39, 0.29) is 12.8 Å². The van der Waals surface area contributed by atoms with Crippen LogP contribution < -0.4 is 0 Å². The number of unbranched alkanes of at least 4 members (excludes halogenated alkanes) is 1. The summed E-state index contributed by atoms with van der Waals surface area (Å²) in [5.74, 6) is 0. The van der Waals surface area contributed by atoms with E-state index in [0.29, 0.717) is 26.1 Å². The fourth-order valence-corrected chi connectivity index (χ4v) is 3.33. The second-order valence-electron chi connectivity index (χ2n) is 3.40. The maximum atomic E-state index is 12.0. The molecule has 0 heterocycles. The highest BCUT2D eigenvalue weighted by Crippen LogP contribution is 2.48. The predicted octanol–water partition coefficient (Wildman–Crippen LogP) is 2.01. The van der Waals surface area contributed by atoms with Crippen molar-refractivity contribution in [1.82, 2.24) is 0 Å². The van der Waals surface area contributed by atoms with Gasteiger partial charge >= 0.3 is 7.60 Å². The van der Waals surface area contributed by atoms with Crippen molar-refractivity contribution in [3.8, 4) is 0 Å². The third kappa shape index (κ3) is 9.73. The molecule has 0 amide bonds. The van der Waals surface area contributed by atoms with E-state index in [4.69, 9.17) is 9.05 Å². The van der Waals surface area contributed by atoms with Crippen molar-refractivity contribution in [2.45, 2.75) is 26.7 Å². The first-order valence-corrected chi connectivity index (χ1v) is 9.10. The fourth-order valence-electron chi connectivity index (χ4n) is 1.18. The second-order valence-corrected chi connectivity index (χ2v) is 7.23. The molecule has 0 fully saturated rings. The monoisotopic (exact) mass is 288 g/mol. The van der Waals surface area contributed by atoms with Crippen molar-refractivity contribution in [3.05, 3.63) is 0 Å². The van der Waals surface area contributed by atoms with Gasteiger partial charge in [0.25, 0.3) is 10.1 Å². The van der Waals surface area contributed by atoms with E-state index < -0.39 is 17.7 Å². The molecule has 0 radical (unpaired) electrons. The van der Waals surface area contributed by atoms with Crippen LogP contribution in [-0.4, -0.2) is 40.7 Å². The lowest BCUT2D eigenvalue weighted by molar-refractivity contribution is 0.219. The van der Waals surface area contributed by atoms with Crippen LogP contribution in [-0.2, 0) is 27.9 Å². The maximum absolute atomic E-state index is 12.0. The van der Waals surface area contributed by atoms with Crippen molar-refractivity contribution >= 4 is 17.7 Å². The smallest absolute Gasteiger partial charge is 0.309 e. The summed E-state index contributed by atoms with van der Waals surface area (Å²) in [5, 5.41) is 0. The SMILES string of the molecule is CCOP(=O)(CCCCOS(C)(=O)=O)OCC. The minimum atomic E-state index is -3.39. The Bertz CT molecular complexity index is 329. The van der Waals surface area contributed by atoms with Crippen LogP contribution in [0.1, 0.15) is 26.7 Å². The molecular formula is C9H21O6PS. The lowest BCUT2D eigenvalue weighted by Crippen LogP contribution is -2.05. The van der Waals surface area contributed by atoms with E-state index in [9.17, 15) is 13.0 Å². The van der Waals surface area contributed by atoms with E-state index in [0.717, 1.165) is 6.26 Å². The van der Waals surface area contributed by atoms with Gasteiger partial charge in [-0.3, -0.25) is 8.75 Å². The molecular weight excluding hydrogens is 267 g/mol. The van der Waals surface area contributed by atoms with Gasteiger partial charge in [0.15, 0.2) is 0 Å². The normalized spacial score (nSPS) is 12.9. The average molecular weight is 288 g/mol. The highest BCUT2D eigenvalue weighted by Gasteiger charge is 2.22. The number of hydrogen-bond donors (Lipinski definition) is 0. The van der Waals surface area contributed by atoms with E-state index in [1.54, 1.807) is 13.8 Å². The summed E-state index contributed by atoms with van der Waals surface area (Å²) < 4.78 is 48.1. The second kappa shape index (κ2) is 8.21. The Morgan fingerprint density at radius 1 is 1.06 bits per heavy atom. The first kappa shape index (κ1) is 17.1. The zero-order chi connectivity index (χ0) is 13.4. The van der Waals surface area contributed by atoms with E-state index >= 15 is 0 Å². The highest BCUT2D eigenvalue weighted by molar-refractivity contribution is 7.85. The van der Waals surface area contributed by atoms with Crippen LogP contribution in [0.5, 0.6) is 0 Å². The Balaban J connectivity index is 3.87. The topological polar surface area (TPSA) is 78.9 Å². The number of hydrogen-bond acceptors (Lipinski definition) is 6. The molecule has 0 atom stereocenters. The molecule has 0 aliphatic carbocycles. The minimum Gasteiger partial charge on any atom is -0.309 e. The molecule has 0 bridgehead atoms.